The molecular weight excluding hydrogens is 914 g/mol. The van der Waals surface area contributed by atoms with Gasteiger partial charge in [0, 0.05) is 51.5 Å². The maximum Gasteiger partial charge on any atom is 0.258 e. The largest absolute Gasteiger partial charge is 0.324 e. The summed E-state index contributed by atoms with van der Waals surface area (Å²) < 4.78 is 0. The molecule has 5 rings (SSSR count). The zero-order valence-corrected chi connectivity index (χ0v) is 37.2. The third-order valence-corrected chi connectivity index (χ3v) is 10.4. The fourth-order valence-electron chi connectivity index (χ4n) is 5.72. The fraction of sp³-hybridized carbons (Fsp3) is 0.182. The number of nitrogens with zero attached hydrogens (tertiary/aromatic N) is 4. The fourth-order valence-corrected chi connectivity index (χ4v) is 6.57. The number of hydrogen-bond donors (Lipinski definition) is 4. The molecule has 0 aliphatic carbocycles. The average Bonchev–Trinajstić information content (AvgIpc) is 3.25. The van der Waals surface area contributed by atoms with E-state index in [9.17, 15) is 28.8 Å². The number of amides is 4. The number of carbonyl (C=O) groups excluding carboxylic acids is 6. The minimum absolute atomic E-state index is 0.0359. The summed E-state index contributed by atoms with van der Waals surface area (Å²) in [5, 5.41) is 27.1. The molecule has 5 aromatic rings. The van der Waals surface area contributed by atoms with E-state index in [1.807, 2.05) is 12.1 Å². The Kier molecular flexibility index (Phi) is 17.4. The minimum atomic E-state index is -1.61. The van der Waals surface area contributed by atoms with Crippen molar-refractivity contribution in [1.82, 2.24) is 0 Å². The van der Waals surface area contributed by atoms with Crippen molar-refractivity contribution in [3.63, 3.8) is 0 Å². The van der Waals surface area contributed by atoms with Gasteiger partial charge in [-0.1, -0.05) is 47.5 Å². The highest BCUT2D eigenvalue weighted by Gasteiger charge is 2.26. The second-order valence-electron chi connectivity index (χ2n) is 13.7. The normalized spacial score (nSPS) is 12.1. The van der Waals surface area contributed by atoms with Crippen LogP contribution >= 0.6 is 58.0 Å². The summed E-state index contributed by atoms with van der Waals surface area (Å²) in [5.41, 5.74) is 4.06. The van der Waals surface area contributed by atoms with Gasteiger partial charge < -0.3 is 21.3 Å². The number of anilines is 4. The van der Waals surface area contributed by atoms with E-state index in [1.165, 1.54) is 54.6 Å². The molecular formula is C44H37Cl5N8O6. The predicted molar refractivity (Wildman–Crippen MR) is 247 cm³/mol. The van der Waals surface area contributed by atoms with Gasteiger partial charge in [0.25, 0.3) is 23.6 Å². The standard InChI is InChI=1S/C44H37Cl5N8O6/c1-24(58)39(56-54-37-20-29(9-12-34(37)48)41(60)50-31-7-3-5-26(17-31)22-46)43(62)52-33-11-14-36(28(19-33)15-16-45)53-44(63)40(25(2)59)57-55-38-21-30(10-13-35(38)49)42(61)51-32-8-4-6-27(18-32)23-47/h3-14,17-21,39-40H,15-16,22-23H2,1-2H3,(H,50,60)(H,51,61)(H,52,62)(H,53,63). The number of rotatable bonds is 18. The molecule has 0 aliphatic heterocycles. The Morgan fingerprint density at radius 3 is 1.44 bits per heavy atom. The molecule has 63 heavy (non-hydrogen) atoms. The van der Waals surface area contributed by atoms with Gasteiger partial charge in [-0.2, -0.15) is 20.5 Å². The molecule has 0 aliphatic rings. The van der Waals surface area contributed by atoms with E-state index in [0.29, 0.717) is 16.9 Å². The van der Waals surface area contributed by atoms with Gasteiger partial charge in [0.15, 0.2) is 11.6 Å². The molecule has 4 N–H and O–H groups in total. The number of ketones is 2. The molecule has 14 nitrogen and oxygen atoms in total. The predicted octanol–water partition coefficient (Wildman–Crippen LogP) is 11.1. The van der Waals surface area contributed by atoms with Crippen LogP contribution in [0.2, 0.25) is 10.0 Å². The summed E-state index contributed by atoms with van der Waals surface area (Å²) in [6.07, 6.45) is 0.212. The van der Waals surface area contributed by atoms with Crippen molar-refractivity contribution in [2.24, 2.45) is 20.5 Å². The van der Waals surface area contributed by atoms with Gasteiger partial charge in [-0.15, -0.1) is 34.8 Å². The van der Waals surface area contributed by atoms with E-state index in [0.717, 1.165) is 25.0 Å². The van der Waals surface area contributed by atoms with Crippen LogP contribution in [0.4, 0.5) is 34.1 Å². The van der Waals surface area contributed by atoms with E-state index >= 15 is 0 Å². The van der Waals surface area contributed by atoms with Gasteiger partial charge in [-0.25, -0.2) is 0 Å². The molecule has 0 spiro atoms. The molecule has 0 aromatic heterocycles. The second-order valence-corrected chi connectivity index (χ2v) is 15.4. The van der Waals surface area contributed by atoms with Crippen LogP contribution < -0.4 is 21.3 Å². The molecule has 0 saturated heterocycles. The summed E-state index contributed by atoms with van der Waals surface area (Å²) in [6, 6.07) is 23.8. The Bertz CT molecular complexity index is 2620. The van der Waals surface area contributed by atoms with Gasteiger partial charge in [-0.3, -0.25) is 28.8 Å². The van der Waals surface area contributed by atoms with Crippen molar-refractivity contribution < 1.29 is 28.8 Å². The Labute approximate surface area is 386 Å². The highest BCUT2D eigenvalue weighted by molar-refractivity contribution is 6.33. The second kappa shape index (κ2) is 22.9. The maximum absolute atomic E-state index is 13.5. The molecule has 2 atom stereocenters. The van der Waals surface area contributed by atoms with E-state index in [4.69, 9.17) is 58.0 Å². The smallest absolute Gasteiger partial charge is 0.258 e. The van der Waals surface area contributed by atoms with Crippen molar-refractivity contribution in [3.8, 4) is 0 Å². The van der Waals surface area contributed by atoms with Crippen molar-refractivity contribution in [1.29, 1.82) is 0 Å². The Morgan fingerprint density at radius 1 is 0.540 bits per heavy atom. The minimum Gasteiger partial charge on any atom is -0.324 e. The van der Waals surface area contributed by atoms with Gasteiger partial charge in [0.05, 0.1) is 10.0 Å². The molecule has 0 saturated carbocycles. The highest BCUT2D eigenvalue weighted by atomic mass is 35.5. The van der Waals surface area contributed by atoms with Crippen molar-refractivity contribution in [2.75, 3.05) is 27.1 Å². The van der Waals surface area contributed by atoms with Crippen LogP contribution in [0.5, 0.6) is 0 Å². The molecule has 324 valence electrons. The first-order valence-electron chi connectivity index (χ1n) is 18.8. The molecule has 4 amide bonds. The monoisotopic (exact) mass is 948 g/mol. The van der Waals surface area contributed by atoms with Crippen molar-refractivity contribution in [2.45, 2.75) is 44.1 Å². The van der Waals surface area contributed by atoms with Gasteiger partial charge in [0.1, 0.15) is 11.4 Å². The van der Waals surface area contributed by atoms with Crippen LogP contribution in [-0.4, -0.2) is 53.2 Å². The van der Waals surface area contributed by atoms with Crippen LogP contribution in [0, 0.1) is 0 Å². The third-order valence-electron chi connectivity index (χ3n) is 8.92. The number of benzene rings is 5. The van der Waals surface area contributed by atoms with Crippen LogP contribution in [-0.2, 0) is 37.4 Å². The molecule has 0 bridgehead atoms. The van der Waals surface area contributed by atoms with E-state index in [1.54, 1.807) is 36.4 Å². The van der Waals surface area contributed by atoms with E-state index in [-0.39, 0.29) is 68.0 Å². The average molecular weight is 951 g/mol. The first-order valence-corrected chi connectivity index (χ1v) is 21.2. The van der Waals surface area contributed by atoms with E-state index in [2.05, 4.69) is 41.7 Å². The summed E-state index contributed by atoms with van der Waals surface area (Å²) >= 11 is 30.6. The molecule has 0 fully saturated rings. The third kappa shape index (κ3) is 13.5. The summed E-state index contributed by atoms with van der Waals surface area (Å²) in [6.45, 7) is 2.32. The van der Waals surface area contributed by atoms with Gasteiger partial charge in [0.2, 0.25) is 12.1 Å². The number of nitrogens with one attached hydrogen (secondary N) is 4. The first-order chi connectivity index (χ1) is 30.2. The first kappa shape index (κ1) is 48.0. The van der Waals surface area contributed by atoms with Gasteiger partial charge in [-0.05, 0) is 116 Å². The molecule has 2 unspecified atom stereocenters. The topological polar surface area (TPSA) is 200 Å². The number of Topliss-reactive ketones (excluding diaryl/α,β-unsaturated/α-hetero) is 2. The summed E-state index contributed by atoms with van der Waals surface area (Å²) in [5.74, 6) is -3.24. The number of carbonyl (C=O) groups is 6. The van der Waals surface area contributed by atoms with Crippen molar-refractivity contribution in [3.05, 3.63) is 141 Å². The van der Waals surface area contributed by atoms with Crippen LogP contribution in [0.3, 0.4) is 0 Å². The lowest BCUT2D eigenvalue weighted by molar-refractivity contribution is -0.127. The van der Waals surface area contributed by atoms with E-state index < -0.39 is 47.3 Å². The number of halogens is 5. The Morgan fingerprint density at radius 2 is 1.00 bits per heavy atom. The Balaban J connectivity index is 1.27. The number of alkyl halides is 3. The maximum atomic E-state index is 13.5. The lowest BCUT2D eigenvalue weighted by Gasteiger charge is -2.15. The number of azo groups is 2. The van der Waals surface area contributed by atoms with Gasteiger partial charge >= 0.3 is 0 Å². The lowest BCUT2D eigenvalue weighted by atomic mass is 10.1. The van der Waals surface area contributed by atoms with Crippen LogP contribution in [0.25, 0.3) is 0 Å². The Hall–Kier alpha value is -6.03. The quantitative estimate of drug-likeness (QED) is 0.0382. The van der Waals surface area contributed by atoms with Crippen LogP contribution in [0.1, 0.15) is 51.3 Å². The summed E-state index contributed by atoms with van der Waals surface area (Å²) in [4.78, 5) is 78.1. The zero-order chi connectivity index (χ0) is 45.6. The molecule has 19 heteroatoms. The van der Waals surface area contributed by atoms with Crippen molar-refractivity contribution >= 4 is 127 Å². The zero-order valence-electron chi connectivity index (χ0n) is 33.4. The molecule has 0 radical (unpaired) electrons. The summed E-state index contributed by atoms with van der Waals surface area (Å²) in [7, 11) is 0. The molecule has 0 heterocycles. The number of hydrogen-bond acceptors (Lipinski definition) is 10. The molecule has 5 aromatic carbocycles. The lowest BCUT2D eigenvalue weighted by Crippen LogP contribution is -2.32. The number of aryl methyl sites for hydroxylation is 1. The SMILES string of the molecule is CC(=O)C(N=Nc1cc(C(=O)Nc2cccc(CCl)c2)ccc1Cl)C(=O)Nc1ccc(NC(=O)C(N=Nc2cc(C(=O)Nc3cccc(CCl)c3)ccc2Cl)C(C)=O)c(CCCl)c1. The highest BCUT2D eigenvalue weighted by Crippen LogP contribution is 2.30. The van der Waals surface area contributed by atoms with Crippen LogP contribution in [0.15, 0.2) is 124 Å².